The fourth-order valence-electron chi connectivity index (χ4n) is 3.90. The molecule has 0 N–H and O–H groups in total. The van der Waals surface area contributed by atoms with Crippen LogP contribution in [-0.2, 0) is 9.53 Å². The van der Waals surface area contributed by atoms with E-state index in [9.17, 15) is 9.59 Å². The van der Waals surface area contributed by atoms with Crippen LogP contribution in [-0.4, -0.2) is 31.4 Å². The lowest BCUT2D eigenvalue weighted by Gasteiger charge is -2.24. The Kier molecular flexibility index (Phi) is 8.01. The Morgan fingerprint density at radius 1 is 1.14 bits per heavy atom. The van der Waals surface area contributed by atoms with E-state index < -0.39 is 12.0 Å². The van der Waals surface area contributed by atoms with Gasteiger partial charge in [-0.25, -0.2) is 9.79 Å². The van der Waals surface area contributed by atoms with Crippen LogP contribution in [0.5, 0.6) is 11.5 Å². The first-order valence-corrected chi connectivity index (χ1v) is 13.6. The molecule has 182 valence electrons. The van der Waals surface area contributed by atoms with E-state index in [2.05, 4.69) is 50.2 Å². The minimum absolute atomic E-state index is 0.218. The molecule has 0 bridgehead atoms. The molecule has 1 atom stereocenters. The molecule has 4 rings (SSSR count). The molecular weight excluding hydrogens is 694 g/mol. The van der Waals surface area contributed by atoms with Gasteiger partial charge >= 0.3 is 5.97 Å². The normalized spacial score (nSPS) is 15.5. The molecule has 2 aromatic carbocycles. The zero-order valence-corrected chi connectivity index (χ0v) is 24.6. The summed E-state index contributed by atoms with van der Waals surface area (Å²) in [7, 11) is 3.23. The second-order valence-corrected chi connectivity index (χ2v) is 10.9. The van der Waals surface area contributed by atoms with Crippen molar-refractivity contribution in [3.8, 4) is 11.5 Å². The summed E-state index contributed by atoms with van der Waals surface area (Å²) in [5.41, 5.74) is 2.32. The van der Waals surface area contributed by atoms with Gasteiger partial charge in [-0.3, -0.25) is 9.36 Å². The zero-order valence-electron chi connectivity index (χ0n) is 19.4. The van der Waals surface area contributed by atoms with Crippen LogP contribution < -0.4 is 24.4 Å². The smallest absolute Gasteiger partial charge is 0.338 e. The van der Waals surface area contributed by atoms with Gasteiger partial charge in [0.15, 0.2) is 4.80 Å². The number of methoxy groups -OCH3 is 2. The van der Waals surface area contributed by atoms with Crippen LogP contribution in [0.25, 0.3) is 6.08 Å². The highest BCUT2D eigenvalue weighted by molar-refractivity contribution is 14.1. The molecular formula is C25H22I2N2O5S. The van der Waals surface area contributed by atoms with Crippen LogP contribution in [0.3, 0.4) is 0 Å². The van der Waals surface area contributed by atoms with Crippen LogP contribution in [0.2, 0.25) is 0 Å². The molecule has 7 nitrogen and oxygen atoms in total. The van der Waals surface area contributed by atoms with Crippen LogP contribution in [0.15, 0.2) is 57.5 Å². The first kappa shape index (κ1) is 25.9. The van der Waals surface area contributed by atoms with E-state index in [1.54, 1.807) is 32.6 Å². The fraction of sp³-hybridized carbons (Fsp3) is 0.240. The third-order valence-corrected chi connectivity index (χ3v) is 8.06. The Balaban J connectivity index is 1.93. The molecule has 1 aromatic heterocycles. The van der Waals surface area contributed by atoms with Gasteiger partial charge < -0.3 is 14.2 Å². The summed E-state index contributed by atoms with van der Waals surface area (Å²) in [5, 5.41) is 0. The summed E-state index contributed by atoms with van der Waals surface area (Å²) in [6, 6.07) is 10.6. The van der Waals surface area contributed by atoms with Crippen LogP contribution in [0.1, 0.15) is 31.0 Å². The maximum absolute atomic E-state index is 13.7. The molecule has 10 heteroatoms. The summed E-state index contributed by atoms with van der Waals surface area (Å²) < 4.78 is 20.1. The molecule has 0 fully saturated rings. The number of aromatic nitrogens is 1. The van der Waals surface area contributed by atoms with Crippen molar-refractivity contribution in [1.82, 2.24) is 4.57 Å². The molecule has 0 amide bonds. The third-order valence-electron chi connectivity index (χ3n) is 5.47. The molecule has 1 aliphatic rings. The lowest BCUT2D eigenvalue weighted by Crippen LogP contribution is -2.39. The number of hydrogen-bond acceptors (Lipinski definition) is 7. The number of carbonyl (C=O) groups is 1. The number of thiazole rings is 1. The van der Waals surface area contributed by atoms with Gasteiger partial charge in [-0.1, -0.05) is 23.5 Å². The van der Waals surface area contributed by atoms with E-state index in [4.69, 9.17) is 14.2 Å². The number of rotatable bonds is 6. The van der Waals surface area contributed by atoms with Gasteiger partial charge in [0.1, 0.15) is 11.5 Å². The van der Waals surface area contributed by atoms with Crippen molar-refractivity contribution in [2.45, 2.75) is 19.9 Å². The Bertz CT molecular complexity index is 1480. The second kappa shape index (κ2) is 10.8. The minimum Gasteiger partial charge on any atom is -0.497 e. The predicted molar refractivity (Wildman–Crippen MR) is 152 cm³/mol. The Labute approximate surface area is 233 Å². The van der Waals surface area contributed by atoms with E-state index in [1.807, 2.05) is 42.5 Å². The number of carbonyl (C=O) groups excluding carboxylic acids is 1. The van der Waals surface area contributed by atoms with Gasteiger partial charge in [0.25, 0.3) is 5.56 Å². The maximum Gasteiger partial charge on any atom is 0.338 e. The molecule has 0 aliphatic carbocycles. The highest BCUT2D eigenvalue weighted by Crippen LogP contribution is 2.32. The number of benzene rings is 2. The van der Waals surface area contributed by atoms with Crippen molar-refractivity contribution < 1.29 is 19.0 Å². The van der Waals surface area contributed by atoms with E-state index >= 15 is 0 Å². The predicted octanol–water partition coefficient (Wildman–Crippen LogP) is 4.02. The molecule has 1 aliphatic heterocycles. The van der Waals surface area contributed by atoms with Crippen molar-refractivity contribution in [2.75, 3.05) is 20.8 Å². The van der Waals surface area contributed by atoms with Crippen LogP contribution >= 0.6 is 56.5 Å². The highest BCUT2D eigenvalue weighted by atomic mass is 127. The van der Waals surface area contributed by atoms with E-state index in [-0.39, 0.29) is 12.2 Å². The van der Waals surface area contributed by atoms with Crippen molar-refractivity contribution in [3.05, 3.63) is 85.6 Å². The van der Waals surface area contributed by atoms with E-state index in [1.165, 1.54) is 11.3 Å². The number of allylic oxidation sites excluding steroid dienone is 1. The Morgan fingerprint density at radius 2 is 1.80 bits per heavy atom. The molecule has 0 unspecified atom stereocenters. The molecule has 0 radical (unpaired) electrons. The summed E-state index contributed by atoms with van der Waals surface area (Å²) in [5.74, 6) is 1.00. The lowest BCUT2D eigenvalue weighted by molar-refractivity contribution is -0.139. The quantitative estimate of drug-likeness (QED) is 0.285. The molecule has 3 aromatic rings. The van der Waals surface area contributed by atoms with E-state index in [0.717, 1.165) is 24.0 Å². The Hall–Kier alpha value is -2.19. The second-order valence-electron chi connectivity index (χ2n) is 7.59. The van der Waals surface area contributed by atoms with Crippen molar-refractivity contribution in [2.24, 2.45) is 4.99 Å². The lowest BCUT2D eigenvalue weighted by atomic mass is 9.96. The number of nitrogens with zero attached hydrogens (tertiary/aromatic N) is 2. The van der Waals surface area contributed by atoms with Crippen LogP contribution in [0.4, 0.5) is 0 Å². The summed E-state index contributed by atoms with van der Waals surface area (Å²) >= 11 is 5.74. The molecule has 0 saturated heterocycles. The molecule has 0 spiro atoms. The third kappa shape index (κ3) is 5.05. The van der Waals surface area contributed by atoms with Gasteiger partial charge in [-0.05, 0) is 100 Å². The van der Waals surface area contributed by atoms with Gasteiger partial charge in [0, 0.05) is 0 Å². The summed E-state index contributed by atoms with van der Waals surface area (Å²) in [6.07, 6.45) is 1.85. The summed E-state index contributed by atoms with van der Waals surface area (Å²) in [4.78, 5) is 31.8. The number of esters is 1. The first-order chi connectivity index (χ1) is 16.8. The van der Waals surface area contributed by atoms with E-state index in [0.29, 0.717) is 26.4 Å². The Morgan fingerprint density at radius 3 is 2.37 bits per heavy atom. The molecule has 2 heterocycles. The van der Waals surface area contributed by atoms with Crippen LogP contribution in [0, 0.1) is 7.14 Å². The number of halogens is 2. The minimum atomic E-state index is -0.658. The zero-order chi connectivity index (χ0) is 25.3. The van der Waals surface area contributed by atoms with Gasteiger partial charge in [-0.2, -0.15) is 0 Å². The topological polar surface area (TPSA) is 79.1 Å². The SMILES string of the molecule is CCOC(=O)C1=C(C)N=c2s/c(=C\c3cc(I)c(OC)c(I)c3)c(=O)n2[C@@H]1c1ccc(OC)cc1. The number of fused-ring (bicyclic) bond motifs is 1. The van der Waals surface area contributed by atoms with Gasteiger partial charge in [0.05, 0.1) is 49.8 Å². The monoisotopic (exact) mass is 716 g/mol. The first-order valence-electron chi connectivity index (χ1n) is 10.7. The largest absolute Gasteiger partial charge is 0.497 e. The fourth-order valence-corrected chi connectivity index (χ4v) is 7.21. The molecule has 35 heavy (non-hydrogen) atoms. The average Bonchev–Trinajstić information content (AvgIpc) is 3.12. The summed E-state index contributed by atoms with van der Waals surface area (Å²) in [6.45, 7) is 3.75. The average molecular weight is 716 g/mol. The molecule has 0 saturated carbocycles. The van der Waals surface area contributed by atoms with Crippen molar-refractivity contribution in [1.29, 1.82) is 0 Å². The van der Waals surface area contributed by atoms with Crippen molar-refractivity contribution >= 4 is 68.6 Å². The maximum atomic E-state index is 13.7. The van der Waals surface area contributed by atoms with Gasteiger partial charge in [0.2, 0.25) is 0 Å². The number of ether oxygens (including phenoxy) is 3. The number of hydrogen-bond donors (Lipinski definition) is 0. The van der Waals surface area contributed by atoms with Crippen molar-refractivity contribution in [3.63, 3.8) is 0 Å². The highest BCUT2D eigenvalue weighted by Gasteiger charge is 2.33. The standard InChI is InChI=1S/C25H22I2N2O5S/c1-5-34-24(31)20-13(2)28-25-29(21(20)15-6-8-16(32-3)9-7-15)23(30)19(35-25)12-14-10-17(26)22(33-4)18(27)11-14/h6-12,21H,5H2,1-4H3/b19-12-/t21-/m1/s1. The van der Waals surface area contributed by atoms with Gasteiger partial charge in [-0.15, -0.1) is 0 Å².